The third kappa shape index (κ3) is 4.02. The van der Waals surface area contributed by atoms with Crippen LogP contribution in [0.4, 0.5) is 0 Å². The second-order valence-corrected chi connectivity index (χ2v) is 9.52. The molecule has 0 aliphatic carbocycles. The highest BCUT2D eigenvalue weighted by Crippen LogP contribution is 2.34. The average Bonchev–Trinajstić information content (AvgIpc) is 2.95. The summed E-state index contributed by atoms with van der Waals surface area (Å²) in [6.07, 6.45) is 4.28. The first-order valence-electron chi connectivity index (χ1n) is 8.84. The highest BCUT2D eigenvalue weighted by Gasteiger charge is 2.20. The Balaban J connectivity index is 2.19. The third-order valence-electron chi connectivity index (χ3n) is 4.30. The predicted octanol–water partition coefficient (Wildman–Crippen LogP) is 4.46. The van der Waals surface area contributed by atoms with Crippen LogP contribution in [0.5, 0.6) is 0 Å². The molecule has 0 fully saturated rings. The van der Waals surface area contributed by atoms with Crippen LogP contribution in [-0.4, -0.2) is 9.78 Å². The smallest absolute Gasteiger partial charge is 0.0573 e. The van der Waals surface area contributed by atoms with E-state index >= 15 is 0 Å². The lowest BCUT2D eigenvalue weighted by Gasteiger charge is -2.20. The van der Waals surface area contributed by atoms with E-state index in [1.165, 1.54) is 38.2 Å². The Labute approximate surface area is 152 Å². The van der Waals surface area contributed by atoms with Crippen molar-refractivity contribution in [1.29, 1.82) is 0 Å². The van der Waals surface area contributed by atoms with Gasteiger partial charge in [0, 0.05) is 17.5 Å². The highest BCUT2D eigenvalue weighted by atomic mass is 31.1. The molecule has 1 heterocycles. The second kappa shape index (κ2) is 7.14. The van der Waals surface area contributed by atoms with Crippen molar-refractivity contribution < 1.29 is 0 Å². The minimum Gasteiger partial charge on any atom is -0.270 e. The van der Waals surface area contributed by atoms with E-state index in [0.717, 1.165) is 0 Å². The van der Waals surface area contributed by atoms with Gasteiger partial charge in [-0.1, -0.05) is 58.7 Å². The molecule has 0 saturated carbocycles. The van der Waals surface area contributed by atoms with Crippen molar-refractivity contribution in [3.63, 3.8) is 0 Å². The molecule has 0 unspecified atom stereocenters. The Morgan fingerprint density at radius 2 is 1.16 bits per heavy atom. The number of benzene rings is 2. The van der Waals surface area contributed by atoms with E-state index in [4.69, 9.17) is 0 Å². The maximum absolute atomic E-state index is 4.61. The zero-order valence-electron chi connectivity index (χ0n) is 16.0. The number of nitrogens with zero attached hydrogens (tertiary/aromatic N) is 2. The van der Waals surface area contributed by atoms with Crippen LogP contribution in [0.1, 0.15) is 42.1 Å². The number of rotatable bonds is 4. The molecular weight excluding hydrogens is 323 g/mol. The van der Waals surface area contributed by atoms with Crippen molar-refractivity contribution in [1.82, 2.24) is 9.78 Å². The molecule has 130 valence electrons. The summed E-state index contributed by atoms with van der Waals surface area (Å²) in [6.45, 7) is 13.1. The zero-order chi connectivity index (χ0) is 18.1. The molecule has 3 aromatic rings. The van der Waals surface area contributed by atoms with Gasteiger partial charge in [0.1, 0.15) is 0 Å². The Morgan fingerprint density at radius 1 is 0.720 bits per heavy atom. The van der Waals surface area contributed by atoms with Gasteiger partial charge in [-0.15, -0.1) is 0 Å². The summed E-state index contributed by atoms with van der Waals surface area (Å²) < 4.78 is 2.07. The third-order valence-corrected chi connectivity index (χ3v) is 6.60. The summed E-state index contributed by atoms with van der Waals surface area (Å²) in [7, 11) is -0.598. The molecule has 2 aromatic carbocycles. The minimum absolute atomic E-state index is 0.379. The van der Waals surface area contributed by atoms with E-state index < -0.39 is 7.92 Å². The van der Waals surface area contributed by atoms with Crippen LogP contribution in [0.2, 0.25) is 0 Å². The fourth-order valence-electron chi connectivity index (χ4n) is 3.33. The predicted molar refractivity (Wildman–Crippen MR) is 110 cm³/mol. The largest absolute Gasteiger partial charge is 0.270 e. The number of aromatic nitrogens is 2. The Kier molecular flexibility index (Phi) is 5.11. The van der Waals surface area contributed by atoms with E-state index in [2.05, 4.69) is 100 Å². The molecule has 0 bridgehead atoms. The van der Waals surface area contributed by atoms with Gasteiger partial charge in [-0.25, -0.2) is 0 Å². The maximum atomic E-state index is 4.61. The van der Waals surface area contributed by atoms with Crippen molar-refractivity contribution in [2.75, 3.05) is 0 Å². The molecule has 1 aromatic heterocycles. The fraction of sp³-hybridized carbons (Fsp3) is 0.318. The molecule has 0 aliphatic rings. The van der Waals surface area contributed by atoms with E-state index in [9.17, 15) is 0 Å². The van der Waals surface area contributed by atoms with Crippen LogP contribution in [0.3, 0.4) is 0 Å². The second-order valence-electron chi connectivity index (χ2n) is 7.30. The van der Waals surface area contributed by atoms with Crippen LogP contribution in [0.25, 0.3) is 0 Å². The van der Waals surface area contributed by atoms with Gasteiger partial charge < -0.3 is 0 Å². The Morgan fingerprint density at radius 3 is 1.52 bits per heavy atom. The van der Waals surface area contributed by atoms with E-state index in [0.29, 0.717) is 6.04 Å². The van der Waals surface area contributed by atoms with Crippen LogP contribution in [-0.2, 0) is 0 Å². The SMILES string of the molecule is Cc1cc(C)cc(P(c2cc(C)cc(C)c2)c2cnn(C(C)C)c2)c1. The molecule has 25 heavy (non-hydrogen) atoms. The van der Waals surface area contributed by atoms with Crippen LogP contribution in [0.15, 0.2) is 48.8 Å². The molecule has 0 saturated heterocycles. The number of hydrogen-bond donors (Lipinski definition) is 0. The summed E-state index contributed by atoms with van der Waals surface area (Å²) in [6, 6.07) is 14.2. The van der Waals surface area contributed by atoms with Gasteiger partial charge in [0.05, 0.1) is 6.20 Å². The monoisotopic (exact) mass is 350 g/mol. The van der Waals surface area contributed by atoms with Gasteiger partial charge >= 0.3 is 0 Å². The van der Waals surface area contributed by atoms with Crippen molar-refractivity contribution in [3.05, 3.63) is 71.0 Å². The lowest BCUT2D eigenvalue weighted by atomic mass is 10.2. The van der Waals surface area contributed by atoms with Crippen LogP contribution in [0, 0.1) is 27.7 Å². The Bertz CT molecular complexity index is 801. The van der Waals surface area contributed by atoms with Crippen LogP contribution < -0.4 is 15.9 Å². The summed E-state index contributed by atoms with van der Waals surface area (Å²) in [5.74, 6) is 0. The van der Waals surface area contributed by atoms with Crippen molar-refractivity contribution >= 4 is 23.8 Å². The lowest BCUT2D eigenvalue weighted by molar-refractivity contribution is 0.533. The first-order valence-corrected chi connectivity index (χ1v) is 10.2. The molecule has 0 N–H and O–H groups in total. The van der Waals surface area contributed by atoms with Crippen LogP contribution >= 0.6 is 7.92 Å². The average molecular weight is 350 g/mol. The molecular formula is C22H27N2P. The van der Waals surface area contributed by atoms with E-state index in [-0.39, 0.29) is 0 Å². The van der Waals surface area contributed by atoms with Gasteiger partial charge in [-0.05, 0) is 60.1 Å². The minimum atomic E-state index is -0.598. The standard InChI is InChI=1S/C22H27N2P/c1-15(2)24-14-22(13-23-24)25(20-9-16(3)7-17(4)10-20)21-11-18(5)8-19(6)12-21/h7-15H,1-6H3. The lowest BCUT2D eigenvalue weighted by Crippen LogP contribution is -2.21. The molecule has 0 aliphatic heterocycles. The van der Waals surface area contributed by atoms with Crippen molar-refractivity contribution in [3.8, 4) is 0 Å². The molecule has 0 atom stereocenters. The summed E-state index contributed by atoms with van der Waals surface area (Å²) in [5.41, 5.74) is 5.29. The quantitative estimate of drug-likeness (QED) is 0.636. The van der Waals surface area contributed by atoms with Gasteiger partial charge in [-0.3, -0.25) is 4.68 Å². The molecule has 0 amide bonds. The molecule has 3 rings (SSSR count). The van der Waals surface area contributed by atoms with Gasteiger partial charge in [0.2, 0.25) is 0 Å². The normalized spacial score (nSPS) is 11.5. The van der Waals surface area contributed by atoms with Gasteiger partial charge in [0.25, 0.3) is 0 Å². The Hall–Kier alpha value is -1.92. The number of hydrogen-bond acceptors (Lipinski definition) is 1. The summed E-state index contributed by atoms with van der Waals surface area (Å²) >= 11 is 0. The van der Waals surface area contributed by atoms with Crippen molar-refractivity contribution in [2.45, 2.75) is 47.6 Å². The summed E-state index contributed by atoms with van der Waals surface area (Å²) in [4.78, 5) is 0. The molecule has 0 spiro atoms. The first kappa shape index (κ1) is 17.9. The van der Waals surface area contributed by atoms with Crippen molar-refractivity contribution in [2.24, 2.45) is 0 Å². The van der Waals surface area contributed by atoms with E-state index in [1.54, 1.807) is 0 Å². The zero-order valence-corrected chi connectivity index (χ0v) is 16.9. The summed E-state index contributed by atoms with van der Waals surface area (Å²) in [5, 5.41) is 8.74. The van der Waals surface area contributed by atoms with Gasteiger partial charge in [0.15, 0.2) is 0 Å². The topological polar surface area (TPSA) is 17.8 Å². The first-order chi connectivity index (χ1) is 11.8. The maximum Gasteiger partial charge on any atom is 0.0573 e. The molecule has 2 nitrogen and oxygen atoms in total. The fourth-order valence-corrected chi connectivity index (χ4v) is 5.96. The molecule has 0 radical (unpaired) electrons. The highest BCUT2D eigenvalue weighted by molar-refractivity contribution is 7.79. The van der Waals surface area contributed by atoms with E-state index in [1.807, 2.05) is 0 Å². The van der Waals surface area contributed by atoms with Gasteiger partial charge in [-0.2, -0.15) is 5.10 Å². The molecule has 3 heteroatoms. The number of aryl methyl sites for hydroxylation is 4.